The fraction of sp³-hybridized carbons (Fsp3) is 0.350. The van der Waals surface area contributed by atoms with Gasteiger partial charge in [-0.2, -0.15) is 4.98 Å². The lowest BCUT2D eigenvalue weighted by Crippen LogP contribution is -2.42. The average Bonchev–Trinajstić information content (AvgIpc) is 3.00. The number of aromatic nitrogens is 3. The van der Waals surface area contributed by atoms with Crippen LogP contribution in [0.3, 0.4) is 0 Å². The number of Topliss-reactive ketones (excluding diaryl/α,β-unsaturated/α-hetero) is 1. The first-order valence-electron chi connectivity index (χ1n) is 8.89. The van der Waals surface area contributed by atoms with E-state index in [1.54, 1.807) is 16.8 Å². The highest BCUT2D eigenvalue weighted by molar-refractivity contribution is 7.99. The highest BCUT2D eigenvalue weighted by Gasteiger charge is 2.45. The molecule has 2 aromatic rings. The van der Waals surface area contributed by atoms with Gasteiger partial charge in [0.15, 0.2) is 0 Å². The van der Waals surface area contributed by atoms with Gasteiger partial charge >= 0.3 is 0 Å². The fourth-order valence-corrected chi connectivity index (χ4v) is 4.37. The third-order valence-corrected chi connectivity index (χ3v) is 5.70. The van der Waals surface area contributed by atoms with Crippen LogP contribution in [-0.2, 0) is 4.79 Å². The molecule has 0 unspecified atom stereocenters. The van der Waals surface area contributed by atoms with Gasteiger partial charge in [-0.05, 0) is 23.1 Å². The summed E-state index contributed by atoms with van der Waals surface area (Å²) in [5, 5.41) is 18.3. The first-order valence-corrected chi connectivity index (χ1v) is 9.88. The van der Waals surface area contributed by atoms with Crippen LogP contribution in [0.2, 0.25) is 0 Å². The number of nitrogens with one attached hydrogen (secondary N) is 1. The molecule has 0 fully saturated rings. The van der Waals surface area contributed by atoms with E-state index >= 15 is 0 Å². The monoisotopic (exact) mass is 382 g/mol. The van der Waals surface area contributed by atoms with Gasteiger partial charge in [0, 0.05) is 17.9 Å². The molecule has 0 saturated carbocycles. The van der Waals surface area contributed by atoms with Gasteiger partial charge in [0.05, 0.1) is 12.0 Å². The topological polar surface area (TPSA) is 80.0 Å². The summed E-state index contributed by atoms with van der Waals surface area (Å²) >= 11 is 1.50. The minimum atomic E-state index is -0.339. The van der Waals surface area contributed by atoms with E-state index in [0.717, 1.165) is 11.3 Å². The van der Waals surface area contributed by atoms with Crippen LogP contribution in [0.15, 0.2) is 53.8 Å². The van der Waals surface area contributed by atoms with Crippen LogP contribution in [0.1, 0.15) is 31.9 Å². The Morgan fingerprint density at radius 1 is 1.41 bits per heavy atom. The maximum absolute atomic E-state index is 13.1. The number of carbonyl (C=O) groups is 1. The van der Waals surface area contributed by atoms with E-state index in [9.17, 15) is 9.90 Å². The maximum Gasteiger partial charge on any atom is 0.227 e. The number of hydrogen-bond acceptors (Lipinski definition) is 6. The molecular formula is C20H22N4O2S. The predicted octanol–water partition coefficient (Wildman–Crippen LogP) is 3.78. The quantitative estimate of drug-likeness (QED) is 0.619. The second-order valence-electron chi connectivity index (χ2n) is 7.63. The molecule has 0 saturated heterocycles. The Labute approximate surface area is 162 Å². The SMILES string of the molecule is C=CCSc1nc2n(n1)[C@H](c1ccc(O)cc1)[C@H]1C(=O)CC(C)(C)C=C1N2. The molecule has 1 aliphatic heterocycles. The fourth-order valence-electron chi connectivity index (χ4n) is 3.81. The highest BCUT2D eigenvalue weighted by Crippen LogP contribution is 2.45. The molecule has 2 atom stereocenters. The van der Waals surface area contributed by atoms with Crippen LogP contribution in [0, 0.1) is 11.3 Å². The molecule has 0 amide bonds. The molecule has 6 nitrogen and oxygen atoms in total. The number of hydrogen-bond donors (Lipinski definition) is 2. The number of phenols is 1. The normalized spacial score (nSPS) is 23.0. The molecule has 1 aliphatic carbocycles. The van der Waals surface area contributed by atoms with Crippen molar-refractivity contribution in [1.29, 1.82) is 0 Å². The molecule has 2 N–H and O–H groups in total. The van der Waals surface area contributed by atoms with E-state index in [1.807, 2.05) is 18.2 Å². The number of phenolic OH excluding ortho intramolecular Hbond substituents is 1. The summed E-state index contributed by atoms with van der Waals surface area (Å²) in [7, 11) is 0. The summed E-state index contributed by atoms with van der Waals surface area (Å²) in [5.41, 5.74) is 1.61. The summed E-state index contributed by atoms with van der Waals surface area (Å²) in [5.74, 6) is 1.39. The lowest BCUT2D eigenvalue weighted by molar-refractivity contribution is -0.125. The van der Waals surface area contributed by atoms with Crippen molar-refractivity contribution >= 4 is 23.5 Å². The number of allylic oxidation sites excluding steroid dienone is 2. The largest absolute Gasteiger partial charge is 0.508 e. The highest BCUT2D eigenvalue weighted by atomic mass is 32.2. The summed E-state index contributed by atoms with van der Waals surface area (Å²) in [4.78, 5) is 17.7. The summed E-state index contributed by atoms with van der Waals surface area (Å²) < 4.78 is 1.80. The van der Waals surface area contributed by atoms with Crippen molar-refractivity contribution in [2.75, 3.05) is 11.1 Å². The number of nitrogens with zero attached hydrogens (tertiary/aromatic N) is 3. The number of thioether (sulfide) groups is 1. The molecule has 7 heteroatoms. The Balaban J connectivity index is 1.85. The van der Waals surface area contributed by atoms with E-state index in [2.05, 4.69) is 41.9 Å². The van der Waals surface area contributed by atoms with E-state index in [4.69, 9.17) is 0 Å². The van der Waals surface area contributed by atoms with Crippen molar-refractivity contribution in [3.63, 3.8) is 0 Å². The minimum Gasteiger partial charge on any atom is -0.508 e. The smallest absolute Gasteiger partial charge is 0.227 e. The molecule has 2 heterocycles. The molecule has 27 heavy (non-hydrogen) atoms. The second-order valence-corrected chi connectivity index (χ2v) is 8.62. The standard InChI is InChI=1S/C20H22N4O2S/c1-4-9-27-19-22-18-21-14-10-20(2,3)11-15(26)16(14)17(24(18)23-19)12-5-7-13(25)8-6-12/h4-8,10,16-17,25H,1,9,11H2,2-3H3,(H,21,22,23)/t16-,17-/m1/s1. The van der Waals surface area contributed by atoms with Gasteiger partial charge in [0.2, 0.25) is 11.1 Å². The van der Waals surface area contributed by atoms with Crippen LogP contribution < -0.4 is 5.32 Å². The first-order chi connectivity index (χ1) is 12.9. The van der Waals surface area contributed by atoms with Crippen LogP contribution in [-0.4, -0.2) is 31.4 Å². The minimum absolute atomic E-state index is 0.185. The maximum atomic E-state index is 13.1. The van der Waals surface area contributed by atoms with Gasteiger partial charge in [-0.3, -0.25) is 4.79 Å². The van der Waals surface area contributed by atoms with Crippen molar-refractivity contribution in [1.82, 2.24) is 14.8 Å². The zero-order valence-corrected chi connectivity index (χ0v) is 16.2. The predicted molar refractivity (Wildman–Crippen MR) is 106 cm³/mol. The van der Waals surface area contributed by atoms with Gasteiger partial charge in [-0.15, -0.1) is 11.7 Å². The van der Waals surface area contributed by atoms with E-state index in [0.29, 0.717) is 23.3 Å². The number of carbonyl (C=O) groups excluding carboxylic acids is 1. The van der Waals surface area contributed by atoms with E-state index in [-0.39, 0.29) is 28.9 Å². The van der Waals surface area contributed by atoms with Gasteiger partial charge in [-0.1, -0.05) is 49.9 Å². The molecular weight excluding hydrogens is 360 g/mol. The zero-order chi connectivity index (χ0) is 19.2. The van der Waals surface area contributed by atoms with Crippen molar-refractivity contribution in [3.05, 3.63) is 54.3 Å². The molecule has 4 rings (SSSR count). The van der Waals surface area contributed by atoms with Crippen molar-refractivity contribution in [2.45, 2.75) is 31.5 Å². The molecule has 2 aliphatic rings. The number of benzene rings is 1. The van der Waals surface area contributed by atoms with Gasteiger partial charge in [0.25, 0.3) is 0 Å². The Morgan fingerprint density at radius 3 is 2.85 bits per heavy atom. The van der Waals surface area contributed by atoms with Crippen molar-refractivity contribution in [2.24, 2.45) is 11.3 Å². The van der Waals surface area contributed by atoms with Gasteiger partial charge in [-0.25, -0.2) is 4.68 Å². The van der Waals surface area contributed by atoms with E-state index < -0.39 is 0 Å². The third kappa shape index (κ3) is 3.27. The number of rotatable bonds is 4. The Hall–Kier alpha value is -2.54. The third-order valence-electron chi connectivity index (χ3n) is 4.87. The van der Waals surface area contributed by atoms with Gasteiger partial charge < -0.3 is 10.4 Å². The molecule has 1 aromatic carbocycles. The summed E-state index contributed by atoms with van der Waals surface area (Å²) in [6, 6.07) is 6.68. The number of fused-ring (bicyclic) bond motifs is 2. The average molecular weight is 382 g/mol. The Bertz CT molecular complexity index is 930. The molecule has 0 radical (unpaired) electrons. The molecule has 1 aromatic heterocycles. The summed E-state index contributed by atoms with van der Waals surface area (Å²) in [6.45, 7) is 7.87. The van der Waals surface area contributed by atoms with Crippen LogP contribution in [0.5, 0.6) is 5.75 Å². The Morgan fingerprint density at radius 2 is 2.15 bits per heavy atom. The second kappa shape index (κ2) is 6.56. The zero-order valence-electron chi connectivity index (χ0n) is 15.3. The number of aromatic hydroxyl groups is 1. The molecule has 140 valence electrons. The van der Waals surface area contributed by atoms with Gasteiger partial charge in [0.1, 0.15) is 11.5 Å². The number of ketones is 1. The molecule has 0 bridgehead atoms. The lowest BCUT2D eigenvalue weighted by Gasteiger charge is -2.40. The van der Waals surface area contributed by atoms with E-state index in [1.165, 1.54) is 11.8 Å². The van der Waals surface area contributed by atoms with Crippen LogP contribution in [0.25, 0.3) is 0 Å². The number of anilines is 1. The summed E-state index contributed by atoms with van der Waals surface area (Å²) in [6.07, 6.45) is 4.44. The van der Waals surface area contributed by atoms with Crippen molar-refractivity contribution in [3.8, 4) is 5.75 Å². The van der Waals surface area contributed by atoms with Crippen molar-refractivity contribution < 1.29 is 9.90 Å². The van der Waals surface area contributed by atoms with Crippen LogP contribution >= 0.6 is 11.8 Å². The van der Waals surface area contributed by atoms with Crippen LogP contribution in [0.4, 0.5) is 5.95 Å². The Kier molecular flexibility index (Phi) is 4.34. The first kappa shape index (κ1) is 17.9. The molecule has 0 spiro atoms. The lowest BCUT2D eigenvalue weighted by atomic mass is 9.72.